The quantitative estimate of drug-likeness (QED) is 0.740. The van der Waals surface area contributed by atoms with Gasteiger partial charge in [0, 0.05) is 19.2 Å². The Bertz CT molecular complexity index is 614. The van der Waals surface area contributed by atoms with E-state index in [9.17, 15) is 13.2 Å². The first-order valence-electron chi connectivity index (χ1n) is 7.59. The number of sulfonamides is 1. The number of amides is 1. The number of carbonyl (C=O) groups is 1. The highest BCUT2D eigenvalue weighted by Crippen LogP contribution is 2.18. The van der Waals surface area contributed by atoms with E-state index in [0.29, 0.717) is 19.1 Å². The van der Waals surface area contributed by atoms with Gasteiger partial charge in [-0.3, -0.25) is 4.79 Å². The highest BCUT2D eigenvalue weighted by molar-refractivity contribution is 7.88. The molecule has 0 unspecified atom stereocenters. The monoisotopic (exact) mass is 342 g/mol. The van der Waals surface area contributed by atoms with Crippen molar-refractivity contribution >= 4 is 15.9 Å². The van der Waals surface area contributed by atoms with Gasteiger partial charge < -0.3 is 10.1 Å². The average molecular weight is 342 g/mol. The molecule has 6 nitrogen and oxygen atoms in total. The Morgan fingerprint density at radius 3 is 2.57 bits per heavy atom. The molecule has 130 valence electrons. The normalized spacial score (nSPS) is 11.7. The Balaban J connectivity index is 2.55. The van der Waals surface area contributed by atoms with Crippen LogP contribution in [0.1, 0.15) is 25.8 Å². The maximum absolute atomic E-state index is 11.8. The largest absolute Gasteiger partial charge is 0.493 e. The minimum absolute atomic E-state index is 0.199. The zero-order chi connectivity index (χ0) is 17.5. The standard InChI is InChI=1S/C16H26N2O4S/c1-13(2)9-10-22-15-8-6-5-7-14(15)11-17-16(19)12-18(3)23(4,20)21/h5-8,13H,9-12H2,1-4H3,(H,17,19). The molecule has 0 bridgehead atoms. The summed E-state index contributed by atoms with van der Waals surface area (Å²) in [6, 6.07) is 7.50. The Hall–Kier alpha value is -1.60. The van der Waals surface area contributed by atoms with Gasteiger partial charge in [-0.05, 0) is 18.4 Å². The lowest BCUT2D eigenvalue weighted by molar-refractivity contribution is -0.121. The number of rotatable bonds is 9. The van der Waals surface area contributed by atoms with Crippen LogP contribution in [-0.2, 0) is 21.4 Å². The minimum Gasteiger partial charge on any atom is -0.493 e. The smallest absolute Gasteiger partial charge is 0.235 e. The van der Waals surface area contributed by atoms with Gasteiger partial charge in [-0.15, -0.1) is 0 Å². The fourth-order valence-electron chi connectivity index (χ4n) is 1.76. The van der Waals surface area contributed by atoms with Gasteiger partial charge in [0.2, 0.25) is 15.9 Å². The number of ether oxygens (including phenoxy) is 1. The number of benzene rings is 1. The molecule has 0 saturated carbocycles. The van der Waals surface area contributed by atoms with Crippen molar-refractivity contribution in [2.75, 3.05) is 26.5 Å². The summed E-state index contributed by atoms with van der Waals surface area (Å²) >= 11 is 0. The van der Waals surface area contributed by atoms with E-state index in [4.69, 9.17) is 4.74 Å². The van der Waals surface area contributed by atoms with E-state index < -0.39 is 10.0 Å². The summed E-state index contributed by atoms with van der Waals surface area (Å²) in [5.41, 5.74) is 0.867. The van der Waals surface area contributed by atoms with Gasteiger partial charge in [0.1, 0.15) is 5.75 Å². The van der Waals surface area contributed by atoms with E-state index in [1.165, 1.54) is 7.05 Å². The molecule has 0 aliphatic rings. The minimum atomic E-state index is -3.36. The molecule has 1 rings (SSSR count). The van der Waals surface area contributed by atoms with Gasteiger partial charge in [0.15, 0.2) is 0 Å². The molecule has 1 aromatic rings. The molecule has 1 aromatic carbocycles. The number of hydrogen-bond donors (Lipinski definition) is 1. The SMILES string of the molecule is CC(C)CCOc1ccccc1CNC(=O)CN(C)S(C)(=O)=O. The van der Waals surface area contributed by atoms with Crippen molar-refractivity contribution in [1.29, 1.82) is 0 Å². The number of likely N-dealkylation sites (N-methyl/N-ethyl adjacent to an activating group) is 1. The summed E-state index contributed by atoms with van der Waals surface area (Å²) in [7, 11) is -1.99. The second-order valence-corrected chi connectivity index (χ2v) is 8.02. The predicted octanol–water partition coefficient (Wildman–Crippen LogP) is 1.62. The van der Waals surface area contributed by atoms with Crippen molar-refractivity contribution < 1.29 is 17.9 Å². The number of hydrogen-bond acceptors (Lipinski definition) is 4. The maximum atomic E-state index is 11.8. The number of carbonyl (C=O) groups excluding carboxylic acids is 1. The summed E-state index contributed by atoms with van der Waals surface area (Å²) in [4.78, 5) is 11.8. The molecule has 0 saturated heterocycles. The first-order valence-corrected chi connectivity index (χ1v) is 9.43. The Morgan fingerprint density at radius 2 is 1.96 bits per heavy atom. The van der Waals surface area contributed by atoms with Crippen LogP contribution in [0.15, 0.2) is 24.3 Å². The van der Waals surface area contributed by atoms with Crippen LogP contribution < -0.4 is 10.1 Å². The van der Waals surface area contributed by atoms with E-state index in [2.05, 4.69) is 19.2 Å². The maximum Gasteiger partial charge on any atom is 0.235 e. The van der Waals surface area contributed by atoms with Gasteiger partial charge in [-0.25, -0.2) is 8.42 Å². The molecule has 0 fully saturated rings. The molecule has 1 N–H and O–H groups in total. The molecular formula is C16H26N2O4S. The van der Waals surface area contributed by atoms with Crippen LogP contribution >= 0.6 is 0 Å². The van der Waals surface area contributed by atoms with Crippen LogP contribution in [0.5, 0.6) is 5.75 Å². The fraction of sp³-hybridized carbons (Fsp3) is 0.562. The van der Waals surface area contributed by atoms with E-state index >= 15 is 0 Å². The number of nitrogens with one attached hydrogen (secondary N) is 1. The molecule has 0 aliphatic heterocycles. The molecule has 0 heterocycles. The van der Waals surface area contributed by atoms with E-state index in [1.807, 2.05) is 24.3 Å². The van der Waals surface area contributed by atoms with Crippen LogP contribution in [0.2, 0.25) is 0 Å². The van der Waals surface area contributed by atoms with Crippen LogP contribution in [0.3, 0.4) is 0 Å². The average Bonchev–Trinajstić information content (AvgIpc) is 2.44. The molecule has 7 heteroatoms. The summed E-state index contributed by atoms with van der Waals surface area (Å²) < 4.78 is 29.4. The third-order valence-electron chi connectivity index (χ3n) is 3.33. The molecule has 0 radical (unpaired) electrons. The van der Waals surface area contributed by atoms with Crippen LogP contribution in [-0.4, -0.2) is 45.1 Å². The van der Waals surface area contributed by atoms with Gasteiger partial charge >= 0.3 is 0 Å². The van der Waals surface area contributed by atoms with Crippen molar-refractivity contribution in [2.45, 2.75) is 26.8 Å². The second kappa shape index (κ2) is 8.88. The topological polar surface area (TPSA) is 75.7 Å². The second-order valence-electron chi connectivity index (χ2n) is 5.93. The molecule has 0 atom stereocenters. The van der Waals surface area contributed by atoms with Crippen LogP contribution in [0.25, 0.3) is 0 Å². The number of para-hydroxylation sites is 1. The predicted molar refractivity (Wildman–Crippen MR) is 90.7 cm³/mol. The highest BCUT2D eigenvalue weighted by atomic mass is 32.2. The zero-order valence-corrected chi connectivity index (χ0v) is 15.0. The summed E-state index contributed by atoms with van der Waals surface area (Å²) in [5.74, 6) is 0.952. The first kappa shape index (κ1) is 19.4. The third-order valence-corrected chi connectivity index (χ3v) is 4.60. The molecule has 0 aliphatic carbocycles. The lowest BCUT2D eigenvalue weighted by atomic mass is 10.1. The fourth-order valence-corrected chi connectivity index (χ4v) is 2.12. The summed E-state index contributed by atoms with van der Waals surface area (Å²) in [6.45, 7) is 4.99. The van der Waals surface area contributed by atoms with E-state index in [1.54, 1.807) is 0 Å². The Kier molecular flexibility index (Phi) is 7.51. The first-order chi connectivity index (χ1) is 10.7. The van der Waals surface area contributed by atoms with Gasteiger partial charge in [-0.2, -0.15) is 4.31 Å². The van der Waals surface area contributed by atoms with Gasteiger partial charge in [-0.1, -0.05) is 32.0 Å². The highest BCUT2D eigenvalue weighted by Gasteiger charge is 2.15. The number of nitrogens with zero attached hydrogens (tertiary/aromatic N) is 1. The van der Waals surface area contributed by atoms with Crippen molar-refractivity contribution in [3.63, 3.8) is 0 Å². The molecule has 23 heavy (non-hydrogen) atoms. The van der Waals surface area contributed by atoms with Gasteiger partial charge in [0.05, 0.1) is 19.4 Å². The Labute approximate surface area is 138 Å². The lowest BCUT2D eigenvalue weighted by Crippen LogP contribution is -2.37. The van der Waals surface area contributed by atoms with E-state index in [-0.39, 0.29) is 12.5 Å². The third kappa shape index (κ3) is 7.47. The zero-order valence-electron chi connectivity index (χ0n) is 14.2. The molecular weight excluding hydrogens is 316 g/mol. The molecule has 0 aromatic heterocycles. The van der Waals surface area contributed by atoms with Gasteiger partial charge in [0.25, 0.3) is 0 Å². The van der Waals surface area contributed by atoms with Crippen molar-refractivity contribution in [3.05, 3.63) is 29.8 Å². The van der Waals surface area contributed by atoms with E-state index in [0.717, 1.165) is 28.3 Å². The van der Waals surface area contributed by atoms with Crippen molar-refractivity contribution in [2.24, 2.45) is 5.92 Å². The van der Waals surface area contributed by atoms with Crippen LogP contribution in [0, 0.1) is 5.92 Å². The van der Waals surface area contributed by atoms with Crippen molar-refractivity contribution in [1.82, 2.24) is 9.62 Å². The summed E-state index contributed by atoms with van der Waals surface area (Å²) in [5, 5.41) is 2.72. The van der Waals surface area contributed by atoms with Crippen LogP contribution in [0.4, 0.5) is 0 Å². The molecule has 0 spiro atoms. The molecule has 1 amide bonds. The Morgan fingerprint density at radius 1 is 1.30 bits per heavy atom. The lowest BCUT2D eigenvalue weighted by Gasteiger charge is -2.15. The van der Waals surface area contributed by atoms with Crippen molar-refractivity contribution in [3.8, 4) is 5.75 Å². The summed E-state index contributed by atoms with van der Waals surface area (Å²) in [6.07, 6.45) is 2.03.